The third-order valence-corrected chi connectivity index (χ3v) is 7.75. The van der Waals surface area contributed by atoms with E-state index in [1.807, 2.05) is 18.3 Å². The second kappa shape index (κ2) is 27.9. The van der Waals surface area contributed by atoms with Gasteiger partial charge in [0.1, 0.15) is 12.1 Å². The second-order valence-electron chi connectivity index (χ2n) is 11.6. The van der Waals surface area contributed by atoms with Crippen molar-refractivity contribution in [1.82, 2.24) is 0 Å². The minimum Gasteiger partial charge on any atom is -0.462 e. The fourth-order valence-corrected chi connectivity index (χ4v) is 5.16. The molecule has 39 heavy (non-hydrogen) atoms. The molecule has 3 nitrogen and oxygen atoms in total. The van der Waals surface area contributed by atoms with Crippen LogP contribution in [0.1, 0.15) is 178 Å². The van der Waals surface area contributed by atoms with E-state index in [0.717, 1.165) is 19.4 Å². The van der Waals surface area contributed by atoms with Gasteiger partial charge in [-0.3, -0.25) is 0 Å². The maximum atomic E-state index is 12.4. The van der Waals surface area contributed by atoms with Gasteiger partial charge in [-0.2, -0.15) is 0 Å². The number of esters is 1. The standard InChI is InChI=1S/C36H64NO2/c1-3-5-7-9-11-13-15-16-17-18-19-20-21-23-25-27-31-37-32-29-30-35(34-37)36(38)39-33-28-26-24-22-14-12-10-8-6-4-2/h16-17,29-30,32,34H,3-15,18-28,31,33H2,1-2H3/q+1/b17-16-. The molecule has 0 saturated heterocycles. The summed E-state index contributed by atoms with van der Waals surface area (Å²) in [5.41, 5.74) is 0.675. The van der Waals surface area contributed by atoms with Crippen molar-refractivity contribution in [2.45, 2.75) is 174 Å². The molecule has 0 unspecified atom stereocenters. The Balaban J connectivity index is 1.98. The molecule has 3 heteroatoms. The molecule has 1 rings (SSSR count). The number of ether oxygens (including phenoxy) is 1. The first-order valence-corrected chi connectivity index (χ1v) is 17.1. The SMILES string of the molecule is CCCCCCCC/C=C\CCCCCCCC[n+]1cccc(C(=O)OCCCCCCCCCCCC)c1. The highest BCUT2D eigenvalue weighted by Gasteiger charge is 2.12. The van der Waals surface area contributed by atoms with Crippen LogP contribution in [0.15, 0.2) is 36.7 Å². The number of carbonyl (C=O) groups is 1. The number of unbranched alkanes of at least 4 members (excludes halogenated alkanes) is 21. The Morgan fingerprint density at radius 2 is 1.10 bits per heavy atom. The molecule has 0 fully saturated rings. The van der Waals surface area contributed by atoms with E-state index in [1.54, 1.807) is 0 Å². The van der Waals surface area contributed by atoms with Gasteiger partial charge in [-0.25, -0.2) is 9.36 Å². The molecule has 0 atom stereocenters. The summed E-state index contributed by atoms with van der Waals surface area (Å²) in [7, 11) is 0. The summed E-state index contributed by atoms with van der Waals surface area (Å²) in [6.45, 7) is 6.06. The van der Waals surface area contributed by atoms with Crippen LogP contribution >= 0.6 is 0 Å². The van der Waals surface area contributed by atoms with Crippen LogP contribution < -0.4 is 4.57 Å². The number of nitrogens with zero attached hydrogens (tertiary/aromatic N) is 1. The zero-order valence-electron chi connectivity index (χ0n) is 26.1. The summed E-state index contributed by atoms with van der Waals surface area (Å²) in [5.74, 6) is -0.179. The van der Waals surface area contributed by atoms with Crippen molar-refractivity contribution in [2.75, 3.05) is 6.61 Å². The van der Waals surface area contributed by atoms with Gasteiger partial charge in [-0.05, 0) is 44.6 Å². The van der Waals surface area contributed by atoms with Crippen LogP contribution in [-0.2, 0) is 11.3 Å². The first kappa shape index (κ1) is 35.4. The van der Waals surface area contributed by atoms with Gasteiger partial charge >= 0.3 is 5.97 Å². The molecule has 0 amide bonds. The van der Waals surface area contributed by atoms with Gasteiger partial charge in [0.25, 0.3) is 0 Å². The van der Waals surface area contributed by atoms with Crippen LogP contribution in [0.2, 0.25) is 0 Å². The zero-order valence-corrected chi connectivity index (χ0v) is 26.1. The van der Waals surface area contributed by atoms with E-state index in [9.17, 15) is 4.79 Å². The Labute approximate surface area is 243 Å². The normalized spacial score (nSPS) is 11.4. The highest BCUT2D eigenvalue weighted by atomic mass is 16.5. The number of aryl methyl sites for hydroxylation is 1. The summed E-state index contributed by atoms with van der Waals surface area (Å²) >= 11 is 0. The van der Waals surface area contributed by atoms with E-state index in [1.165, 1.54) is 141 Å². The second-order valence-corrected chi connectivity index (χ2v) is 11.6. The van der Waals surface area contributed by atoms with Crippen molar-refractivity contribution in [3.63, 3.8) is 0 Å². The predicted octanol–water partition coefficient (Wildman–Crippen LogP) is 11.1. The van der Waals surface area contributed by atoms with E-state index in [2.05, 4.69) is 36.8 Å². The van der Waals surface area contributed by atoms with Crippen molar-refractivity contribution in [2.24, 2.45) is 0 Å². The van der Waals surface area contributed by atoms with Gasteiger partial charge in [0.05, 0.1) is 6.61 Å². The molecule has 0 spiro atoms. The van der Waals surface area contributed by atoms with E-state index in [0.29, 0.717) is 12.2 Å². The number of aromatic nitrogens is 1. The van der Waals surface area contributed by atoms with Crippen molar-refractivity contribution >= 4 is 5.97 Å². The topological polar surface area (TPSA) is 30.2 Å². The Kier molecular flexibility index (Phi) is 25.3. The van der Waals surface area contributed by atoms with Crippen LogP contribution in [0.4, 0.5) is 0 Å². The fraction of sp³-hybridized carbons (Fsp3) is 0.778. The van der Waals surface area contributed by atoms with Crippen LogP contribution in [0, 0.1) is 0 Å². The molecular weight excluding hydrogens is 478 g/mol. The summed E-state index contributed by atoms with van der Waals surface area (Å²) < 4.78 is 7.68. The molecule has 0 aliphatic heterocycles. The van der Waals surface area contributed by atoms with Gasteiger partial charge in [0.2, 0.25) is 0 Å². The molecule has 224 valence electrons. The maximum absolute atomic E-state index is 12.4. The lowest BCUT2D eigenvalue weighted by molar-refractivity contribution is -0.697. The molecule has 0 aliphatic carbocycles. The fourth-order valence-electron chi connectivity index (χ4n) is 5.16. The van der Waals surface area contributed by atoms with Crippen LogP contribution in [0.25, 0.3) is 0 Å². The quantitative estimate of drug-likeness (QED) is 0.0456. The largest absolute Gasteiger partial charge is 0.462 e. The van der Waals surface area contributed by atoms with Crippen molar-refractivity contribution < 1.29 is 14.1 Å². The molecule has 0 N–H and O–H groups in total. The van der Waals surface area contributed by atoms with Crippen molar-refractivity contribution in [1.29, 1.82) is 0 Å². The molecule has 1 aromatic rings. The average Bonchev–Trinajstić information content (AvgIpc) is 2.95. The van der Waals surface area contributed by atoms with Crippen molar-refractivity contribution in [3.05, 3.63) is 42.2 Å². The Morgan fingerprint density at radius 1 is 0.641 bits per heavy atom. The molecule has 1 aromatic heterocycles. The molecular formula is C36H64NO2+. The monoisotopic (exact) mass is 542 g/mol. The Morgan fingerprint density at radius 3 is 1.64 bits per heavy atom. The van der Waals surface area contributed by atoms with E-state index in [4.69, 9.17) is 4.74 Å². The number of hydrogen-bond donors (Lipinski definition) is 0. The third kappa shape index (κ3) is 22.8. The first-order chi connectivity index (χ1) is 19.3. The molecule has 0 aliphatic rings. The molecule has 0 saturated carbocycles. The summed E-state index contributed by atoms with van der Waals surface area (Å²) in [6, 6.07) is 3.84. The Hall–Kier alpha value is -1.64. The summed E-state index contributed by atoms with van der Waals surface area (Å²) in [5, 5.41) is 0. The lowest BCUT2D eigenvalue weighted by Crippen LogP contribution is -2.34. The zero-order chi connectivity index (χ0) is 28.1. The minimum atomic E-state index is -0.179. The summed E-state index contributed by atoms with van der Waals surface area (Å²) in [4.78, 5) is 12.4. The van der Waals surface area contributed by atoms with Gasteiger partial charge in [0.15, 0.2) is 12.4 Å². The minimum absolute atomic E-state index is 0.179. The number of pyridine rings is 1. The maximum Gasteiger partial charge on any atom is 0.344 e. The van der Waals surface area contributed by atoms with E-state index < -0.39 is 0 Å². The van der Waals surface area contributed by atoms with Crippen LogP contribution in [0.3, 0.4) is 0 Å². The summed E-state index contributed by atoms with van der Waals surface area (Å²) in [6.07, 6.45) is 40.3. The van der Waals surface area contributed by atoms with Gasteiger partial charge in [-0.15, -0.1) is 0 Å². The lowest BCUT2D eigenvalue weighted by Gasteiger charge is -2.05. The van der Waals surface area contributed by atoms with Crippen molar-refractivity contribution in [3.8, 4) is 0 Å². The van der Waals surface area contributed by atoms with E-state index in [-0.39, 0.29) is 5.97 Å². The predicted molar refractivity (Wildman–Crippen MR) is 168 cm³/mol. The van der Waals surface area contributed by atoms with Gasteiger partial charge < -0.3 is 4.74 Å². The third-order valence-electron chi connectivity index (χ3n) is 7.75. The smallest absolute Gasteiger partial charge is 0.344 e. The average molecular weight is 543 g/mol. The Bertz CT molecular complexity index is 699. The van der Waals surface area contributed by atoms with Crippen LogP contribution in [0.5, 0.6) is 0 Å². The number of allylic oxidation sites excluding steroid dienone is 2. The van der Waals surface area contributed by atoms with Gasteiger partial charge in [-0.1, -0.05) is 135 Å². The van der Waals surface area contributed by atoms with E-state index >= 15 is 0 Å². The highest BCUT2D eigenvalue weighted by molar-refractivity contribution is 5.88. The highest BCUT2D eigenvalue weighted by Crippen LogP contribution is 2.12. The van der Waals surface area contributed by atoms with Gasteiger partial charge in [0, 0.05) is 12.5 Å². The first-order valence-electron chi connectivity index (χ1n) is 17.1. The molecule has 0 aromatic carbocycles. The molecule has 0 bridgehead atoms. The number of hydrogen-bond acceptors (Lipinski definition) is 2. The number of carbonyl (C=O) groups excluding carboxylic acids is 1. The number of rotatable bonds is 28. The molecule has 1 heterocycles. The van der Waals surface area contributed by atoms with Crippen LogP contribution in [-0.4, -0.2) is 12.6 Å². The molecule has 0 radical (unpaired) electrons. The lowest BCUT2D eigenvalue weighted by atomic mass is 10.1.